The molecule has 111 valence electrons. The lowest BCUT2D eigenvalue weighted by Crippen LogP contribution is -2.23. The van der Waals surface area contributed by atoms with Crippen molar-refractivity contribution in [2.75, 3.05) is 0 Å². The van der Waals surface area contributed by atoms with Crippen LogP contribution in [0.1, 0.15) is 6.92 Å². The number of rotatable bonds is 4. The predicted octanol–water partition coefficient (Wildman–Crippen LogP) is 0.776. The molecule has 7 heteroatoms. The second-order valence-corrected chi connectivity index (χ2v) is 4.90. The molecule has 21 heavy (non-hydrogen) atoms. The van der Waals surface area contributed by atoms with E-state index in [1.54, 1.807) is 42.5 Å². The number of hydrogen-bond acceptors (Lipinski definition) is 3. The van der Waals surface area contributed by atoms with E-state index in [0.29, 0.717) is 10.2 Å². The fourth-order valence-electron chi connectivity index (χ4n) is 1.46. The largest absolute Gasteiger partial charge is 0.618 e. The molecule has 0 aromatic heterocycles. The van der Waals surface area contributed by atoms with Crippen LogP contribution in [0.15, 0.2) is 48.5 Å². The van der Waals surface area contributed by atoms with Crippen molar-refractivity contribution in [2.24, 2.45) is 0 Å². The van der Waals surface area contributed by atoms with Gasteiger partial charge in [0.15, 0.2) is 11.6 Å². The molecule has 0 spiro atoms. The SMILES string of the molecule is CC(=O)[O][Al][c]1cccc(Oc2ccccc2)c1F.O.O. The molecule has 2 aromatic rings. The quantitative estimate of drug-likeness (QED) is 0.780. The van der Waals surface area contributed by atoms with Gasteiger partial charge >= 0.3 is 15.6 Å². The van der Waals surface area contributed by atoms with Crippen LogP contribution in [0.4, 0.5) is 4.39 Å². The Labute approximate surface area is 128 Å². The van der Waals surface area contributed by atoms with Crippen LogP contribution in [0, 0.1) is 5.82 Å². The Balaban J connectivity index is 0.00000200. The van der Waals surface area contributed by atoms with Gasteiger partial charge in [0, 0.05) is 6.92 Å². The molecule has 0 saturated heterocycles. The minimum atomic E-state index is -0.883. The first-order valence-electron chi connectivity index (χ1n) is 5.68. The number of carbonyl (C=O) groups excluding carboxylic acids is 1. The molecular weight excluding hydrogens is 294 g/mol. The molecule has 2 rings (SSSR count). The van der Waals surface area contributed by atoms with Gasteiger partial charge in [0.1, 0.15) is 5.75 Å². The highest BCUT2D eigenvalue weighted by Crippen LogP contribution is 2.22. The van der Waals surface area contributed by atoms with Crippen molar-refractivity contribution in [1.29, 1.82) is 0 Å². The van der Waals surface area contributed by atoms with Crippen LogP contribution < -0.4 is 9.16 Å². The lowest BCUT2D eigenvalue weighted by Gasteiger charge is -2.09. The Kier molecular flexibility index (Phi) is 8.28. The molecular formula is C14H15AlFO5. The lowest BCUT2D eigenvalue weighted by atomic mass is 10.3. The zero-order valence-electron chi connectivity index (χ0n) is 11.3. The highest BCUT2D eigenvalue weighted by atomic mass is 27.1. The Morgan fingerprint density at radius 2 is 1.71 bits per heavy atom. The molecule has 4 N–H and O–H groups in total. The van der Waals surface area contributed by atoms with E-state index in [0.717, 1.165) is 0 Å². The average Bonchev–Trinajstić information content (AvgIpc) is 2.41. The van der Waals surface area contributed by atoms with Crippen molar-refractivity contribution in [1.82, 2.24) is 0 Å². The summed E-state index contributed by atoms with van der Waals surface area (Å²) in [7, 11) is 0. The molecule has 5 nitrogen and oxygen atoms in total. The Morgan fingerprint density at radius 1 is 1.05 bits per heavy atom. The van der Waals surface area contributed by atoms with Crippen LogP contribution in [0.3, 0.4) is 0 Å². The maximum atomic E-state index is 14.1. The summed E-state index contributed by atoms with van der Waals surface area (Å²) in [6.45, 7) is 1.30. The van der Waals surface area contributed by atoms with Gasteiger partial charge in [0.2, 0.25) is 0 Å². The molecule has 0 aliphatic rings. The van der Waals surface area contributed by atoms with Crippen LogP contribution >= 0.6 is 0 Å². The van der Waals surface area contributed by atoms with Crippen LogP contribution in [-0.2, 0) is 8.58 Å². The molecule has 1 radical (unpaired) electrons. The van der Waals surface area contributed by atoms with Crippen molar-refractivity contribution in [3.63, 3.8) is 0 Å². The maximum Gasteiger partial charge on any atom is 0.575 e. The van der Waals surface area contributed by atoms with E-state index in [4.69, 9.17) is 8.53 Å². The zero-order valence-corrected chi connectivity index (χ0v) is 12.5. The lowest BCUT2D eigenvalue weighted by molar-refractivity contribution is -0.131. The maximum absolute atomic E-state index is 14.1. The number of para-hydroxylation sites is 1. The first-order valence-corrected chi connectivity index (χ1v) is 6.73. The van der Waals surface area contributed by atoms with Gasteiger partial charge in [0.05, 0.1) is 0 Å². The molecule has 0 aliphatic carbocycles. The molecule has 0 amide bonds. The number of ether oxygens (including phenoxy) is 1. The predicted molar refractivity (Wildman–Crippen MR) is 77.3 cm³/mol. The fraction of sp³-hybridized carbons (Fsp3) is 0.0714. The van der Waals surface area contributed by atoms with Gasteiger partial charge in [-0.2, -0.15) is 0 Å². The van der Waals surface area contributed by atoms with E-state index in [2.05, 4.69) is 0 Å². The van der Waals surface area contributed by atoms with Gasteiger partial charge in [-0.3, -0.25) is 4.79 Å². The van der Waals surface area contributed by atoms with E-state index in [9.17, 15) is 9.18 Å². The van der Waals surface area contributed by atoms with Gasteiger partial charge < -0.3 is 19.5 Å². The summed E-state index contributed by atoms with van der Waals surface area (Å²) in [4.78, 5) is 10.7. The second kappa shape index (κ2) is 9.11. The first-order chi connectivity index (χ1) is 9.16. The number of halogens is 1. The summed E-state index contributed by atoms with van der Waals surface area (Å²) in [5, 5.41) is 0. The van der Waals surface area contributed by atoms with Crippen molar-refractivity contribution >= 4 is 25.9 Å². The number of hydrogen-bond donors (Lipinski definition) is 0. The van der Waals surface area contributed by atoms with Crippen molar-refractivity contribution < 1.29 is 28.7 Å². The minimum absolute atomic E-state index is 0. The Hall–Kier alpha value is -1.91. The first kappa shape index (κ1) is 19.1. The highest BCUT2D eigenvalue weighted by Gasteiger charge is 2.14. The summed E-state index contributed by atoms with van der Waals surface area (Å²) in [5.41, 5.74) is 0. The van der Waals surface area contributed by atoms with Gasteiger partial charge in [-0.1, -0.05) is 30.3 Å². The Bertz CT molecular complexity index is 577. The third-order valence-corrected chi connectivity index (χ3v) is 3.47. The van der Waals surface area contributed by atoms with Crippen molar-refractivity contribution in [3.8, 4) is 11.5 Å². The molecule has 0 aliphatic heterocycles. The summed E-state index contributed by atoms with van der Waals surface area (Å²) in [5.74, 6) is -0.212. The van der Waals surface area contributed by atoms with Crippen LogP contribution in [0.5, 0.6) is 11.5 Å². The molecule has 2 aromatic carbocycles. The minimum Gasteiger partial charge on any atom is -0.618 e. The molecule has 0 fully saturated rings. The van der Waals surface area contributed by atoms with E-state index in [1.807, 2.05) is 6.07 Å². The molecule has 0 unspecified atom stereocenters. The second-order valence-electron chi connectivity index (χ2n) is 3.80. The van der Waals surface area contributed by atoms with Crippen molar-refractivity contribution in [2.45, 2.75) is 6.92 Å². The molecule has 0 saturated carbocycles. The third-order valence-electron chi connectivity index (χ3n) is 2.32. The van der Waals surface area contributed by atoms with Crippen molar-refractivity contribution in [3.05, 3.63) is 54.3 Å². The third kappa shape index (κ3) is 5.54. The van der Waals surface area contributed by atoms with E-state index in [-0.39, 0.29) is 16.7 Å². The number of carbonyl (C=O) groups is 1. The topological polar surface area (TPSA) is 98.5 Å². The molecule has 0 heterocycles. The zero-order chi connectivity index (χ0) is 13.7. The van der Waals surface area contributed by atoms with E-state index < -0.39 is 27.3 Å². The molecule has 0 bridgehead atoms. The summed E-state index contributed by atoms with van der Waals surface area (Å²) < 4.78 is 24.8. The standard InChI is InChI=1S/C12H8FO.C2H4O2.Al.2H2O/c13-11-8-4-5-9-12(11)14-10-6-2-1-3-7-10;1-2(3)4;;;/h1-7,9H;1H3,(H,3,4);;2*1H2/q;;+1;;/p-1. The molecule has 0 atom stereocenters. The summed E-state index contributed by atoms with van der Waals surface area (Å²) in [6.07, 6.45) is 0. The smallest absolute Gasteiger partial charge is 0.575 e. The Morgan fingerprint density at radius 3 is 2.33 bits per heavy atom. The van der Waals surface area contributed by atoms with E-state index in [1.165, 1.54) is 6.92 Å². The summed E-state index contributed by atoms with van der Waals surface area (Å²) >= 11 is -0.883. The van der Waals surface area contributed by atoms with E-state index >= 15 is 0 Å². The number of benzene rings is 2. The normalized spacial score (nSPS) is 8.86. The van der Waals surface area contributed by atoms with Crippen LogP contribution in [0.25, 0.3) is 0 Å². The monoisotopic (exact) mass is 309 g/mol. The van der Waals surface area contributed by atoms with Gasteiger partial charge in [-0.25, -0.2) is 4.39 Å². The van der Waals surface area contributed by atoms with Gasteiger partial charge in [-0.15, -0.1) is 0 Å². The van der Waals surface area contributed by atoms with Crippen LogP contribution in [0.2, 0.25) is 0 Å². The summed E-state index contributed by atoms with van der Waals surface area (Å²) in [6, 6.07) is 13.8. The van der Waals surface area contributed by atoms with Gasteiger partial charge in [0.25, 0.3) is 5.97 Å². The van der Waals surface area contributed by atoms with Gasteiger partial charge in [-0.05, 0) is 22.6 Å². The fourth-order valence-corrected chi connectivity index (χ4v) is 2.19. The average molecular weight is 309 g/mol. The van der Waals surface area contributed by atoms with Crippen LogP contribution in [-0.4, -0.2) is 32.5 Å². The highest BCUT2D eigenvalue weighted by molar-refractivity contribution is 6.49.